The first kappa shape index (κ1) is 16.2. The van der Waals surface area contributed by atoms with E-state index in [0.717, 1.165) is 29.8 Å². The Morgan fingerprint density at radius 2 is 1.81 bits per heavy atom. The van der Waals surface area contributed by atoms with Gasteiger partial charge in [0.15, 0.2) is 0 Å². The van der Waals surface area contributed by atoms with Crippen LogP contribution >= 0.6 is 0 Å². The van der Waals surface area contributed by atoms with Crippen molar-refractivity contribution in [2.24, 2.45) is 0 Å². The Bertz CT molecular complexity index is 970. The van der Waals surface area contributed by atoms with E-state index in [1.54, 1.807) is 11.0 Å². The molecule has 1 aliphatic rings. The Morgan fingerprint density at radius 3 is 2.62 bits per heavy atom. The molecule has 0 fully saturated rings. The number of fused-ring (bicyclic) bond motifs is 1. The van der Waals surface area contributed by atoms with Gasteiger partial charge in [-0.15, -0.1) is 0 Å². The van der Waals surface area contributed by atoms with Crippen LogP contribution in [0, 0.1) is 11.6 Å². The monoisotopic (exact) mass is 351 g/mol. The highest BCUT2D eigenvalue weighted by molar-refractivity contribution is 6.07. The van der Waals surface area contributed by atoms with E-state index in [0.29, 0.717) is 12.1 Å². The van der Waals surface area contributed by atoms with Gasteiger partial charge in [0.25, 0.3) is 5.91 Å². The Morgan fingerprint density at radius 1 is 1.04 bits per heavy atom. The SMILES string of the molecule is O=C(c1ccnc(Nc2c(F)cccc2F)c1)N1CCc2ccccc21. The van der Waals surface area contributed by atoms with Crippen molar-refractivity contribution >= 4 is 23.1 Å². The third kappa shape index (κ3) is 2.90. The van der Waals surface area contributed by atoms with Crippen molar-refractivity contribution < 1.29 is 13.6 Å². The number of nitrogens with zero attached hydrogens (tertiary/aromatic N) is 2. The number of hydrogen-bond donors (Lipinski definition) is 1. The molecular weight excluding hydrogens is 336 g/mol. The lowest BCUT2D eigenvalue weighted by molar-refractivity contribution is 0.0989. The Labute approximate surface area is 149 Å². The van der Waals surface area contributed by atoms with Gasteiger partial charge < -0.3 is 10.2 Å². The highest BCUT2D eigenvalue weighted by Gasteiger charge is 2.25. The van der Waals surface area contributed by atoms with E-state index in [-0.39, 0.29) is 17.4 Å². The summed E-state index contributed by atoms with van der Waals surface area (Å²) in [5, 5.41) is 2.61. The first-order valence-corrected chi connectivity index (χ1v) is 8.20. The van der Waals surface area contributed by atoms with Crippen LogP contribution < -0.4 is 10.2 Å². The molecule has 3 aromatic rings. The molecule has 0 bridgehead atoms. The Balaban J connectivity index is 1.61. The normalized spacial score (nSPS) is 12.8. The van der Waals surface area contributed by atoms with Crippen LogP contribution in [0.25, 0.3) is 0 Å². The second-order valence-corrected chi connectivity index (χ2v) is 5.99. The molecule has 0 spiro atoms. The van der Waals surface area contributed by atoms with Crippen LogP contribution in [0.2, 0.25) is 0 Å². The quantitative estimate of drug-likeness (QED) is 0.765. The standard InChI is InChI=1S/C20H15F2N3O/c21-15-5-3-6-16(22)19(15)24-18-12-14(8-10-23-18)20(26)25-11-9-13-4-1-2-7-17(13)25/h1-8,10,12H,9,11H2,(H,23,24). The third-order valence-electron chi connectivity index (χ3n) is 4.36. The van der Waals surface area contributed by atoms with Crippen LogP contribution in [0.4, 0.5) is 26.0 Å². The van der Waals surface area contributed by atoms with Crippen molar-refractivity contribution in [1.29, 1.82) is 0 Å². The molecule has 26 heavy (non-hydrogen) atoms. The summed E-state index contributed by atoms with van der Waals surface area (Å²) in [7, 11) is 0. The number of aromatic nitrogens is 1. The first-order valence-electron chi connectivity index (χ1n) is 8.20. The van der Waals surface area contributed by atoms with Crippen LogP contribution in [0.5, 0.6) is 0 Å². The van der Waals surface area contributed by atoms with E-state index >= 15 is 0 Å². The maximum atomic E-state index is 13.8. The van der Waals surface area contributed by atoms with Gasteiger partial charge in [0.1, 0.15) is 23.1 Å². The van der Waals surface area contributed by atoms with E-state index in [1.165, 1.54) is 18.3 Å². The summed E-state index contributed by atoms with van der Waals surface area (Å²) >= 11 is 0. The molecule has 4 nitrogen and oxygen atoms in total. The number of rotatable bonds is 3. The molecule has 6 heteroatoms. The van der Waals surface area contributed by atoms with Gasteiger partial charge in [0.05, 0.1) is 0 Å². The number of anilines is 3. The van der Waals surface area contributed by atoms with Crippen LogP contribution in [-0.4, -0.2) is 17.4 Å². The summed E-state index contributed by atoms with van der Waals surface area (Å²) < 4.78 is 27.6. The van der Waals surface area contributed by atoms with Crippen molar-refractivity contribution in [3.63, 3.8) is 0 Å². The molecule has 0 saturated carbocycles. The van der Waals surface area contributed by atoms with Gasteiger partial charge >= 0.3 is 0 Å². The average Bonchev–Trinajstić information content (AvgIpc) is 3.09. The Kier molecular flexibility index (Phi) is 4.08. The number of nitrogens with one attached hydrogen (secondary N) is 1. The van der Waals surface area contributed by atoms with E-state index in [2.05, 4.69) is 10.3 Å². The second kappa shape index (κ2) is 6.55. The fourth-order valence-electron chi connectivity index (χ4n) is 3.08. The van der Waals surface area contributed by atoms with E-state index in [1.807, 2.05) is 24.3 Å². The van der Waals surface area contributed by atoms with Gasteiger partial charge in [-0.05, 0) is 42.3 Å². The van der Waals surface area contributed by atoms with Gasteiger partial charge in [-0.2, -0.15) is 0 Å². The smallest absolute Gasteiger partial charge is 0.258 e. The van der Waals surface area contributed by atoms with Crippen LogP contribution in [0.1, 0.15) is 15.9 Å². The maximum Gasteiger partial charge on any atom is 0.258 e. The fourth-order valence-corrected chi connectivity index (χ4v) is 3.08. The molecule has 4 rings (SSSR count). The van der Waals surface area contributed by atoms with E-state index < -0.39 is 11.6 Å². The summed E-state index contributed by atoms with van der Waals surface area (Å²) in [6, 6.07) is 14.4. The van der Waals surface area contributed by atoms with Gasteiger partial charge in [-0.3, -0.25) is 4.79 Å². The minimum atomic E-state index is -0.725. The number of amides is 1. The van der Waals surface area contributed by atoms with Crippen LogP contribution in [0.3, 0.4) is 0 Å². The van der Waals surface area contributed by atoms with Crippen molar-refractivity contribution in [2.75, 3.05) is 16.8 Å². The highest BCUT2D eigenvalue weighted by atomic mass is 19.1. The summed E-state index contributed by atoms with van der Waals surface area (Å²) in [6.45, 7) is 0.602. The lowest BCUT2D eigenvalue weighted by atomic mass is 10.1. The van der Waals surface area contributed by atoms with Crippen molar-refractivity contribution in [2.45, 2.75) is 6.42 Å². The van der Waals surface area contributed by atoms with Crippen molar-refractivity contribution in [3.05, 3.63) is 83.6 Å². The number of carbonyl (C=O) groups is 1. The first-order chi connectivity index (χ1) is 12.6. The number of pyridine rings is 1. The molecule has 0 radical (unpaired) electrons. The number of hydrogen-bond acceptors (Lipinski definition) is 3. The number of benzene rings is 2. The molecular formula is C20H15F2N3O. The van der Waals surface area contributed by atoms with Crippen molar-refractivity contribution in [3.8, 4) is 0 Å². The molecule has 2 heterocycles. The predicted molar refractivity (Wildman–Crippen MR) is 95.7 cm³/mol. The Hall–Kier alpha value is -3.28. The minimum Gasteiger partial charge on any atom is -0.335 e. The van der Waals surface area contributed by atoms with Crippen molar-refractivity contribution in [1.82, 2.24) is 4.98 Å². The minimum absolute atomic E-state index is 0.172. The predicted octanol–water partition coefficient (Wildman–Crippen LogP) is 4.31. The molecule has 130 valence electrons. The zero-order valence-corrected chi connectivity index (χ0v) is 13.7. The average molecular weight is 351 g/mol. The van der Waals surface area contributed by atoms with Crippen LogP contribution in [0.15, 0.2) is 60.8 Å². The molecule has 0 aliphatic carbocycles. The summed E-state index contributed by atoms with van der Waals surface area (Å²) in [5.41, 5.74) is 2.12. The van der Waals surface area contributed by atoms with E-state index in [9.17, 15) is 13.6 Å². The maximum absolute atomic E-state index is 13.8. The van der Waals surface area contributed by atoms with Gasteiger partial charge in [0, 0.05) is 24.0 Å². The second-order valence-electron chi connectivity index (χ2n) is 5.99. The lowest BCUT2D eigenvalue weighted by Gasteiger charge is -2.17. The molecule has 1 N–H and O–H groups in total. The molecule has 0 unspecified atom stereocenters. The zero-order chi connectivity index (χ0) is 18.1. The van der Waals surface area contributed by atoms with Gasteiger partial charge in [-0.25, -0.2) is 13.8 Å². The molecule has 1 aliphatic heterocycles. The number of para-hydroxylation sites is 2. The van der Waals surface area contributed by atoms with Gasteiger partial charge in [-0.1, -0.05) is 24.3 Å². The summed E-state index contributed by atoms with van der Waals surface area (Å²) in [6.07, 6.45) is 2.24. The molecule has 1 amide bonds. The van der Waals surface area contributed by atoms with E-state index in [4.69, 9.17) is 0 Å². The zero-order valence-electron chi connectivity index (χ0n) is 13.7. The summed E-state index contributed by atoms with van der Waals surface area (Å²) in [4.78, 5) is 18.6. The van der Waals surface area contributed by atoms with Gasteiger partial charge in [0.2, 0.25) is 0 Å². The largest absolute Gasteiger partial charge is 0.335 e. The lowest BCUT2D eigenvalue weighted by Crippen LogP contribution is -2.28. The molecule has 0 saturated heterocycles. The molecule has 2 aromatic carbocycles. The molecule has 0 atom stereocenters. The summed E-state index contributed by atoms with van der Waals surface area (Å²) in [5.74, 6) is -1.42. The topological polar surface area (TPSA) is 45.2 Å². The fraction of sp³-hybridized carbons (Fsp3) is 0.100. The van der Waals surface area contributed by atoms with Crippen LogP contribution in [-0.2, 0) is 6.42 Å². The number of halogens is 2. The number of carbonyl (C=O) groups excluding carboxylic acids is 1. The third-order valence-corrected chi connectivity index (χ3v) is 4.36. The molecule has 1 aromatic heterocycles. The highest BCUT2D eigenvalue weighted by Crippen LogP contribution is 2.29.